The Morgan fingerprint density at radius 2 is 1.00 bits per heavy atom. The van der Waals surface area contributed by atoms with Crippen molar-refractivity contribution in [2.45, 2.75) is 24.9 Å². The Morgan fingerprint density at radius 1 is 0.650 bits per heavy atom. The van der Waals surface area contributed by atoms with Crippen molar-refractivity contribution in [1.29, 1.82) is 0 Å². The van der Waals surface area contributed by atoms with Crippen molar-refractivity contribution in [3.05, 3.63) is 29.6 Å². The Kier molecular flexibility index (Phi) is 10.7. The van der Waals surface area contributed by atoms with E-state index in [1.54, 1.807) is 18.2 Å². The summed E-state index contributed by atoms with van der Waals surface area (Å²) < 4.78 is 36.3. The van der Waals surface area contributed by atoms with E-state index in [2.05, 4.69) is 25.4 Å². The Bertz CT molecular complexity index is 881. The number of fused-ring (bicyclic) bond motifs is 12. The predicted molar refractivity (Wildman–Crippen MR) is 148 cm³/mol. The molecule has 4 bridgehead atoms. The second-order valence-electron chi connectivity index (χ2n) is 10.3. The fourth-order valence-corrected chi connectivity index (χ4v) is 10.2. The highest BCUT2D eigenvalue weighted by atomic mass is 28.4. The number of carbonyl (C=O) groups excluding carboxylic acids is 2. The van der Waals surface area contributed by atoms with Crippen LogP contribution in [-0.2, 0) is 26.6 Å². The van der Waals surface area contributed by atoms with Gasteiger partial charge >= 0.3 is 17.6 Å². The lowest BCUT2D eigenvalue weighted by atomic mass is 10.2. The van der Waals surface area contributed by atoms with E-state index in [0.717, 1.165) is 39.3 Å². The van der Waals surface area contributed by atoms with Crippen LogP contribution >= 0.6 is 0 Å². The first-order valence-corrected chi connectivity index (χ1v) is 18.2. The molecule has 0 spiro atoms. The van der Waals surface area contributed by atoms with Gasteiger partial charge in [0.2, 0.25) is 0 Å². The standard InChI is InChI=1S/C25H41N5O8Si2/c31-24(26-6-2-20-39-33-14-8-29(9-15-34-39)10-16-35-39)22-4-1-5-23(28-22)25(32)27-7-3-21-40-36-17-11-30(12-18-37-40)13-19-38-40/h1,4-5H,2-3,6-21H2,(H,26,31)(H,27,32). The summed E-state index contributed by atoms with van der Waals surface area (Å²) >= 11 is 0. The Hall–Kier alpha value is -1.80. The summed E-state index contributed by atoms with van der Waals surface area (Å²) in [5.41, 5.74) is 0.395. The summed E-state index contributed by atoms with van der Waals surface area (Å²) in [6, 6.07) is 6.16. The largest absolute Gasteiger partial charge is 0.501 e. The molecule has 6 saturated heterocycles. The van der Waals surface area contributed by atoms with Crippen molar-refractivity contribution in [3.63, 3.8) is 0 Å². The summed E-state index contributed by atoms with van der Waals surface area (Å²) in [6.45, 7) is 9.87. The molecule has 2 amide bonds. The average Bonchev–Trinajstić information content (AvgIpc) is 2.89. The van der Waals surface area contributed by atoms with Gasteiger partial charge in [-0.15, -0.1) is 0 Å². The number of amides is 2. The molecule has 6 aliphatic rings. The molecule has 0 aliphatic carbocycles. The molecule has 1 aromatic rings. The molecule has 40 heavy (non-hydrogen) atoms. The number of aromatic nitrogens is 1. The van der Waals surface area contributed by atoms with Gasteiger partial charge in [-0.05, 0) is 25.0 Å². The molecule has 15 heteroatoms. The number of hydrogen-bond acceptors (Lipinski definition) is 11. The minimum absolute atomic E-state index is 0.198. The first-order chi connectivity index (χ1) is 19.5. The van der Waals surface area contributed by atoms with E-state index in [1.807, 2.05) is 0 Å². The van der Waals surface area contributed by atoms with Crippen LogP contribution in [0.4, 0.5) is 0 Å². The second-order valence-corrected chi connectivity index (χ2v) is 15.7. The van der Waals surface area contributed by atoms with Crippen LogP contribution < -0.4 is 10.6 Å². The SMILES string of the molecule is O=C(NCCC[Si]12OCCN(CCO1)CCO2)c1cccc(C(=O)NCCC[Si]23OCCN(CCO2)CCO3)n1. The number of nitrogens with one attached hydrogen (secondary N) is 2. The van der Waals surface area contributed by atoms with Crippen LogP contribution in [0.3, 0.4) is 0 Å². The summed E-state index contributed by atoms with van der Waals surface area (Å²) in [4.78, 5) is 34.3. The molecule has 6 aliphatic heterocycles. The lowest BCUT2D eigenvalue weighted by Gasteiger charge is -2.38. The normalized spacial score (nSPS) is 30.7. The monoisotopic (exact) mass is 595 g/mol. The molecule has 7 rings (SSSR count). The van der Waals surface area contributed by atoms with Crippen molar-refractivity contribution < 1.29 is 36.1 Å². The first-order valence-electron chi connectivity index (χ1n) is 14.4. The van der Waals surface area contributed by atoms with E-state index in [0.29, 0.717) is 77.7 Å². The van der Waals surface area contributed by atoms with Gasteiger partial charge in [0.05, 0.1) is 39.6 Å². The third-order valence-corrected chi connectivity index (χ3v) is 13.3. The molecule has 0 radical (unpaired) electrons. The molecule has 6 fully saturated rings. The molecule has 1 aromatic heterocycles. The van der Waals surface area contributed by atoms with Crippen molar-refractivity contribution in [2.75, 3.05) is 92.0 Å². The van der Waals surface area contributed by atoms with Gasteiger partial charge in [-0.2, -0.15) is 0 Å². The maximum Gasteiger partial charge on any atom is 0.501 e. The zero-order valence-electron chi connectivity index (χ0n) is 23.1. The van der Waals surface area contributed by atoms with Crippen molar-refractivity contribution >= 4 is 29.4 Å². The molecule has 0 aromatic carbocycles. The maximum absolute atomic E-state index is 12.7. The van der Waals surface area contributed by atoms with E-state index in [4.69, 9.17) is 26.6 Å². The van der Waals surface area contributed by atoms with E-state index >= 15 is 0 Å². The molecular weight excluding hydrogens is 554 g/mol. The molecule has 0 unspecified atom stereocenters. The molecule has 222 valence electrons. The molecule has 2 N–H and O–H groups in total. The summed E-state index contributed by atoms with van der Waals surface area (Å²) in [5.74, 6) is -0.655. The number of pyridine rings is 1. The van der Waals surface area contributed by atoms with Gasteiger partial charge in [0.1, 0.15) is 11.4 Å². The minimum atomic E-state index is -2.71. The third kappa shape index (κ3) is 8.15. The zero-order chi connectivity index (χ0) is 27.7. The molecule has 7 heterocycles. The van der Waals surface area contributed by atoms with Crippen molar-refractivity contribution in [2.24, 2.45) is 0 Å². The molecule has 0 atom stereocenters. The Morgan fingerprint density at radius 3 is 1.35 bits per heavy atom. The van der Waals surface area contributed by atoms with E-state index in [1.165, 1.54) is 0 Å². The van der Waals surface area contributed by atoms with Gasteiger partial charge in [0.15, 0.2) is 0 Å². The van der Waals surface area contributed by atoms with Crippen LogP contribution in [0.5, 0.6) is 0 Å². The van der Waals surface area contributed by atoms with E-state index in [-0.39, 0.29) is 23.2 Å². The van der Waals surface area contributed by atoms with Crippen molar-refractivity contribution in [1.82, 2.24) is 25.4 Å². The van der Waals surface area contributed by atoms with Gasteiger partial charge in [0.25, 0.3) is 11.8 Å². The van der Waals surface area contributed by atoms with Gasteiger partial charge < -0.3 is 37.2 Å². The Balaban J connectivity index is 1.04. The first kappa shape index (κ1) is 29.7. The quantitative estimate of drug-likeness (QED) is 0.279. The molecule has 13 nitrogen and oxygen atoms in total. The second kappa shape index (κ2) is 14.4. The Labute approximate surface area is 237 Å². The molecular formula is C25H41N5O8Si2. The highest BCUT2D eigenvalue weighted by Crippen LogP contribution is 2.23. The highest BCUT2D eigenvalue weighted by Gasteiger charge is 2.44. The highest BCUT2D eigenvalue weighted by molar-refractivity contribution is 6.61. The summed E-state index contributed by atoms with van der Waals surface area (Å²) in [6.07, 6.45) is 1.34. The van der Waals surface area contributed by atoms with Crippen molar-refractivity contribution in [3.8, 4) is 0 Å². The fourth-order valence-electron chi connectivity index (χ4n) is 5.22. The van der Waals surface area contributed by atoms with Crippen LogP contribution in [0.1, 0.15) is 33.8 Å². The lowest BCUT2D eigenvalue weighted by molar-refractivity contribution is -0.00898. The summed E-state index contributed by atoms with van der Waals surface area (Å²) in [7, 11) is -5.42. The maximum atomic E-state index is 12.7. The lowest BCUT2D eigenvalue weighted by Crippen LogP contribution is -2.55. The van der Waals surface area contributed by atoms with E-state index < -0.39 is 17.6 Å². The smallest absolute Gasteiger partial charge is 0.372 e. The van der Waals surface area contributed by atoms with E-state index in [9.17, 15) is 9.59 Å². The number of rotatable bonds is 10. The van der Waals surface area contributed by atoms with Crippen LogP contribution in [-0.4, -0.2) is 136 Å². The average molecular weight is 596 g/mol. The zero-order valence-corrected chi connectivity index (χ0v) is 25.1. The van der Waals surface area contributed by atoms with Crippen LogP contribution in [0.2, 0.25) is 12.1 Å². The minimum Gasteiger partial charge on any atom is -0.372 e. The third-order valence-electron chi connectivity index (χ3n) is 7.48. The molecule has 0 saturated carbocycles. The van der Waals surface area contributed by atoms with Crippen LogP contribution in [0.25, 0.3) is 0 Å². The van der Waals surface area contributed by atoms with Crippen LogP contribution in [0, 0.1) is 0 Å². The van der Waals surface area contributed by atoms with Gasteiger partial charge in [-0.25, -0.2) is 4.98 Å². The van der Waals surface area contributed by atoms with Gasteiger partial charge in [-0.1, -0.05) is 6.07 Å². The number of carbonyl (C=O) groups is 2. The topological polar surface area (TPSA) is 133 Å². The van der Waals surface area contributed by atoms with Crippen LogP contribution in [0.15, 0.2) is 18.2 Å². The van der Waals surface area contributed by atoms with Gasteiger partial charge in [0, 0.05) is 64.4 Å². The fraction of sp³-hybridized carbons (Fsp3) is 0.720. The van der Waals surface area contributed by atoms with Gasteiger partial charge in [-0.3, -0.25) is 19.4 Å². The number of hydrogen-bond donors (Lipinski definition) is 2. The predicted octanol–water partition coefficient (Wildman–Crippen LogP) is -0.0428. The summed E-state index contributed by atoms with van der Waals surface area (Å²) in [5, 5.41) is 5.79. The number of nitrogens with zero attached hydrogens (tertiary/aromatic N) is 3.